The quantitative estimate of drug-likeness (QED) is 0.754. The van der Waals surface area contributed by atoms with Crippen molar-refractivity contribution in [1.82, 2.24) is 5.32 Å². The van der Waals surface area contributed by atoms with Crippen LogP contribution in [-0.2, 0) is 4.74 Å². The van der Waals surface area contributed by atoms with E-state index in [1.807, 2.05) is 26.8 Å². The van der Waals surface area contributed by atoms with E-state index in [-0.39, 0.29) is 5.92 Å². The van der Waals surface area contributed by atoms with Gasteiger partial charge in [0.25, 0.3) is 0 Å². The number of rotatable bonds is 3. The van der Waals surface area contributed by atoms with Crippen LogP contribution >= 0.6 is 0 Å². The van der Waals surface area contributed by atoms with Crippen molar-refractivity contribution in [2.45, 2.75) is 64.2 Å². The zero-order valence-electron chi connectivity index (χ0n) is 11.5. The molecule has 1 amide bonds. The number of nitriles is 1. The lowest BCUT2D eigenvalue weighted by Crippen LogP contribution is -2.52. The molecule has 0 aromatic heterocycles. The van der Waals surface area contributed by atoms with Crippen LogP contribution in [0, 0.1) is 17.2 Å². The van der Waals surface area contributed by atoms with E-state index >= 15 is 0 Å². The van der Waals surface area contributed by atoms with Crippen LogP contribution < -0.4 is 5.32 Å². The van der Waals surface area contributed by atoms with Crippen LogP contribution in [0.2, 0.25) is 0 Å². The fraction of sp³-hybridized carbons (Fsp3) is 0.846. The zero-order chi connectivity index (χ0) is 14.0. The van der Waals surface area contributed by atoms with Gasteiger partial charge in [-0.05, 0) is 40.5 Å². The Morgan fingerprint density at radius 3 is 2.39 bits per heavy atom. The van der Waals surface area contributed by atoms with Crippen LogP contribution in [0.3, 0.4) is 0 Å². The van der Waals surface area contributed by atoms with Gasteiger partial charge < -0.3 is 15.2 Å². The Hall–Kier alpha value is -1.28. The Bertz CT molecular complexity index is 352. The van der Waals surface area contributed by atoms with Gasteiger partial charge in [-0.2, -0.15) is 5.26 Å². The van der Waals surface area contributed by atoms with Gasteiger partial charge in [-0.3, -0.25) is 0 Å². The van der Waals surface area contributed by atoms with Crippen LogP contribution in [0.5, 0.6) is 0 Å². The maximum Gasteiger partial charge on any atom is 0.407 e. The van der Waals surface area contributed by atoms with Crippen molar-refractivity contribution < 1.29 is 14.6 Å². The summed E-state index contributed by atoms with van der Waals surface area (Å²) in [6.45, 7) is 7.06. The molecule has 1 aliphatic carbocycles. The summed E-state index contributed by atoms with van der Waals surface area (Å²) in [5.41, 5.74) is -1.98. The van der Waals surface area contributed by atoms with E-state index in [2.05, 4.69) is 5.32 Å². The van der Waals surface area contributed by atoms with Crippen molar-refractivity contribution in [3.05, 3.63) is 0 Å². The lowest BCUT2D eigenvalue weighted by Gasteiger charge is -2.39. The van der Waals surface area contributed by atoms with Crippen molar-refractivity contribution in [1.29, 1.82) is 5.26 Å². The minimum Gasteiger partial charge on any atom is -0.442 e. The molecule has 1 aliphatic rings. The molecular formula is C13H22N2O3. The van der Waals surface area contributed by atoms with Crippen molar-refractivity contribution in [2.75, 3.05) is 0 Å². The highest BCUT2D eigenvalue weighted by molar-refractivity contribution is 5.68. The first-order chi connectivity index (χ1) is 8.19. The van der Waals surface area contributed by atoms with Gasteiger partial charge in [0.1, 0.15) is 12.2 Å². The molecule has 0 heterocycles. The largest absolute Gasteiger partial charge is 0.442 e. The Balaban J connectivity index is 2.60. The molecule has 0 bridgehead atoms. The molecule has 0 saturated heterocycles. The van der Waals surface area contributed by atoms with E-state index in [0.717, 1.165) is 19.3 Å². The molecule has 0 spiro atoms. The second kappa shape index (κ2) is 5.15. The standard InChI is InChI=1S/C13H22N2O3/c1-9(18-11(16)15-12(2,3)4)13(17,8-14)10-6-5-7-10/h9-10,17H,5-7H2,1-4H3,(H,15,16). The number of nitrogens with zero attached hydrogens (tertiary/aromatic N) is 1. The number of nitrogens with one attached hydrogen (secondary N) is 1. The molecule has 0 aromatic rings. The molecule has 0 radical (unpaired) electrons. The number of hydrogen-bond donors (Lipinski definition) is 2. The van der Waals surface area contributed by atoms with Crippen LogP contribution in [0.1, 0.15) is 47.0 Å². The maximum absolute atomic E-state index is 11.6. The predicted molar refractivity (Wildman–Crippen MR) is 66.7 cm³/mol. The highest BCUT2D eigenvalue weighted by Gasteiger charge is 2.47. The second-order valence-corrected chi connectivity index (χ2v) is 5.99. The van der Waals surface area contributed by atoms with Crippen molar-refractivity contribution in [3.63, 3.8) is 0 Å². The Morgan fingerprint density at radius 2 is 2.06 bits per heavy atom. The van der Waals surface area contributed by atoms with Crippen molar-refractivity contribution in [2.24, 2.45) is 5.92 Å². The highest BCUT2D eigenvalue weighted by atomic mass is 16.6. The molecule has 2 N–H and O–H groups in total. The molecule has 1 fully saturated rings. The lowest BCUT2D eigenvalue weighted by molar-refractivity contribution is -0.0899. The summed E-state index contributed by atoms with van der Waals surface area (Å²) in [5.74, 6) is -0.0973. The highest BCUT2D eigenvalue weighted by Crippen LogP contribution is 2.38. The van der Waals surface area contributed by atoms with E-state index in [4.69, 9.17) is 10.00 Å². The van der Waals surface area contributed by atoms with Gasteiger partial charge in [-0.25, -0.2) is 4.79 Å². The first-order valence-electron chi connectivity index (χ1n) is 6.31. The average molecular weight is 254 g/mol. The summed E-state index contributed by atoms with van der Waals surface area (Å²) < 4.78 is 5.12. The van der Waals surface area contributed by atoms with E-state index < -0.39 is 23.3 Å². The van der Waals surface area contributed by atoms with Gasteiger partial charge >= 0.3 is 6.09 Å². The minimum absolute atomic E-state index is 0.0973. The third-order valence-corrected chi connectivity index (χ3v) is 3.29. The molecule has 2 atom stereocenters. The third kappa shape index (κ3) is 3.36. The predicted octanol–water partition coefficient (Wildman–Crippen LogP) is 1.95. The number of amides is 1. The first-order valence-corrected chi connectivity index (χ1v) is 6.31. The number of aliphatic hydroxyl groups is 1. The molecule has 1 rings (SSSR count). The van der Waals surface area contributed by atoms with Crippen molar-refractivity contribution in [3.8, 4) is 6.07 Å². The molecule has 5 heteroatoms. The maximum atomic E-state index is 11.6. The van der Waals surface area contributed by atoms with Gasteiger partial charge in [0, 0.05) is 11.5 Å². The normalized spacial score (nSPS) is 21.1. The Kier molecular flexibility index (Phi) is 4.23. The van der Waals surface area contributed by atoms with Crippen molar-refractivity contribution >= 4 is 6.09 Å². The number of carbonyl (C=O) groups is 1. The number of hydrogen-bond acceptors (Lipinski definition) is 4. The molecule has 1 saturated carbocycles. The Labute approximate surface area is 108 Å². The van der Waals surface area contributed by atoms with Crippen LogP contribution in [-0.4, -0.2) is 28.4 Å². The van der Waals surface area contributed by atoms with E-state index in [0.29, 0.717) is 0 Å². The average Bonchev–Trinajstić information content (AvgIpc) is 2.11. The zero-order valence-corrected chi connectivity index (χ0v) is 11.5. The smallest absolute Gasteiger partial charge is 0.407 e. The Morgan fingerprint density at radius 1 is 1.50 bits per heavy atom. The first kappa shape index (κ1) is 14.8. The molecule has 0 aromatic carbocycles. The summed E-state index contributed by atoms with van der Waals surface area (Å²) in [5, 5.41) is 22.1. The third-order valence-electron chi connectivity index (χ3n) is 3.29. The lowest BCUT2D eigenvalue weighted by atomic mass is 9.71. The summed E-state index contributed by atoms with van der Waals surface area (Å²) in [6.07, 6.45) is 1.17. The summed E-state index contributed by atoms with van der Waals surface area (Å²) in [4.78, 5) is 11.6. The molecule has 2 unspecified atom stereocenters. The second-order valence-electron chi connectivity index (χ2n) is 5.99. The van der Waals surface area contributed by atoms with E-state index in [9.17, 15) is 9.90 Å². The molecule has 5 nitrogen and oxygen atoms in total. The molecule has 102 valence electrons. The summed E-state index contributed by atoms with van der Waals surface area (Å²) in [6, 6.07) is 1.90. The number of carbonyl (C=O) groups excluding carboxylic acids is 1. The van der Waals surface area contributed by atoms with Crippen LogP contribution in [0.25, 0.3) is 0 Å². The number of ether oxygens (including phenoxy) is 1. The van der Waals surface area contributed by atoms with Crippen LogP contribution in [0.15, 0.2) is 0 Å². The fourth-order valence-electron chi connectivity index (χ4n) is 1.95. The molecule has 0 aliphatic heterocycles. The van der Waals surface area contributed by atoms with Gasteiger partial charge in [-0.15, -0.1) is 0 Å². The summed E-state index contributed by atoms with van der Waals surface area (Å²) in [7, 11) is 0. The minimum atomic E-state index is -1.58. The monoisotopic (exact) mass is 254 g/mol. The van der Waals surface area contributed by atoms with Gasteiger partial charge in [0.05, 0.1) is 0 Å². The van der Waals surface area contributed by atoms with Crippen LogP contribution in [0.4, 0.5) is 4.79 Å². The molecule has 18 heavy (non-hydrogen) atoms. The fourth-order valence-corrected chi connectivity index (χ4v) is 1.95. The van der Waals surface area contributed by atoms with Gasteiger partial charge in [-0.1, -0.05) is 6.42 Å². The van der Waals surface area contributed by atoms with E-state index in [1.54, 1.807) is 6.92 Å². The molecular weight excluding hydrogens is 232 g/mol. The van der Waals surface area contributed by atoms with E-state index in [1.165, 1.54) is 0 Å². The van der Waals surface area contributed by atoms with Gasteiger partial charge in [0.2, 0.25) is 0 Å². The topological polar surface area (TPSA) is 82.3 Å². The van der Waals surface area contributed by atoms with Gasteiger partial charge in [0.15, 0.2) is 5.60 Å². The summed E-state index contributed by atoms with van der Waals surface area (Å²) >= 11 is 0. The SMILES string of the molecule is CC(OC(=O)NC(C)(C)C)C(O)(C#N)C1CCC1. The number of alkyl carbamates (subject to hydrolysis) is 1.